The number of rotatable bonds is 9. The smallest absolute Gasteiger partial charge is 0.244 e. The van der Waals surface area contributed by atoms with Gasteiger partial charge in [-0.05, 0) is 56.0 Å². The first kappa shape index (κ1) is 27.7. The van der Waals surface area contributed by atoms with Gasteiger partial charge in [0.15, 0.2) is 0 Å². The van der Waals surface area contributed by atoms with Crippen LogP contribution in [0.1, 0.15) is 22.3 Å². The Labute approximate surface area is 226 Å². The van der Waals surface area contributed by atoms with Crippen molar-refractivity contribution in [1.29, 1.82) is 0 Å². The van der Waals surface area contributed by atoms with E-state index in [-0.39, 0.29) is 19.0 Å². The summed E-state index contributed by atoms with van der Waals surface area (Å²) in [5, 5.41) is 0. The standard InChI is InChI=1S/C30H37N3O4S/c1-23-20-24(2)30(25(3)21-23)38(35,36)33(15-14-26-10-6-5-7-11-26)22-29(34)32-18-16-31(17-19-32)27-12-8-9-13-28(27)37-4/h5-13,20-21H,14-19,22H2,1-4H3. The molecule has 0 bridgehead atoms. The zero-order chi connectivity index (χ0) is 27.3. The Morgan fingerprint density at radius 3 is 2.13 bits per heavy atom. The van der Waals surface area contributed by atoms with Gasteiger partial charge in [-0.1, -0.05) is 60.2 Å². The molecule has 0 saturated carbocycles. The highest BCUT2D eigenvalue weighted by Gasteiger charge is 2.32. The minimum Gasteiger partial charge on any atom is -0.495 e. The molecule has 1 heterocycles. The van der Waals surface area contributed by atoms with Gasteiger partial charge in [0.1, 0.15) is 5.75 Å². The highest BCUT2D eigenvalue weighted by atomic mass is 32.2. The Morgan fingerprint density at radius 2 is 1.50 bits per heavy atom. The monoisotopic (exact) mass is 535 g/mol. The van der Waals surface area contributed by atoms with Gasteiger partial charge in [0.05, 0.1) is 24.2 Å². The van der Waals surface area contributed by atoms with E-state index in [0.29, 0.717) is 48.6 Å². The average molecular weight is 536 g/mol. The number of amides is 1. The summed E-state index contributed by atoms with van der Waals surface area (Å²) in [5.41, 5.74) is 4.44. The number of aryl methyl sites for hydroxylation is 3. The van der Waals surface area contributed by atoms with Gasteiger partial charge in [0, 0.05) is 32.7 Å². The summed E-state index contributed by atoms with van der Waals surface area (Å²) in [5.74, 6) is 0.623. The van der Waals surface area contributed by atoms with Crippen molar-refractivity contribution in [1.82, 2.24) is 9.21 Å². The van der Waals surface area contributed by atoms with Gasteiger partial charge in [-0.25, -0.2) is 8.42 Å². The number of methoxy groups -OCH3 is 1. The summed E-state index contributed by atoms with van der Waals surface area (Å²) in [7, 11) is -2.23. The zero-order valence-electron chi connectivity index (χ0n) is 22.7. The molecule has 38 heavy (non-hydrogen) atoms. The van der Waals surface area contributed by atoms with Crippen molar-refractivity contribution in [2.45, 2.75) is 32.1 Å². The van der Waals surface area contributed by atoms with Crippen LogP contribution >= 0.6 is 0 Å². The fraction of sp³-hybridized carbons (Fsp3) is 0.367. The lowest BCUT2D eigenvalue weighted by molar-refractivity contribution is -0.131. The molecule has 1 saturated heterocycles. The Bertz CT molecular complexity index is 1340. The van der Waals surface area contributed by atoms with E-state index < -0.39 is 10.0 Å². The van der Waals surface area contributed by atoms with Gasteiger partial charge < -0.3 is 14.5 Å². The van der Waals surface area contributed by atoms with Crippen LogP contribution < -0.4 is 9.64 Å². The second-order valence-corrected chi connectivity index (χ2v) is 11.7. The third-order valence-corrected chi connectivity index (χ3v) is 9.22. The zero-order valence-corrected chi connectivity index (χ0v) is 23.5. The molecular weight excluding hydrogens is 498 g/mol. The number of hydrogen-bond donors (Lipinski definition) is 0. The van der Waals surface area contributed by atoms with E-state index in [0.717, 1.165) is 22.6 Å². The summed E-state index contributed by atoms with van der Waals surface area (Å²) in [6, 6.07) is 21.4. The van der Waals surface area contributed by atoms with E-state index in [1.807, 2.05) is 87.5 Å². The fourth-order valence-electron chi connectivity index (χ4n) is 5.22. The molecule has 0 N–H and O–H groups in total. The van der Waals surface area contributed by atoms with Crippen LogP contribution in [-0.4, -0.2) is 69.9 Å². The number of carbonyl (C=O) groups is 1. The molecule has 3 aromatic rings. The molecule has 4 rings (SSSR count). The molecule has 1 fully saturated rings. The largest absolute Gasteiger partial charge is 0.495 e. The van der Waals surface area contributed by atoms with Crippen molar-refractivity contribution in [3.8, 4) is 5.75 Å². The lowest BCUT2D eigenvalue weighted by atomic mass is 10.1. The molecule has 8 heteroatoms. The summed E-state index contributed by atoms with van der Waals surface area (Å²) in [4.78, 5) is 17.7. The molecule has 0 radical (unpaired) electrons. The van der Waals surface area contributed by atoms with E-state index in [1.54, 1.807) is 12.0 Å². The number of sulfonamides is 1. The van der Waals surface area contributed by atoms with Crippen LogP contribution in [0, 0.1) is 20.8 Å². The molecule has 0 spiro atoms. The SMILES string of the molecule is COc1ccccc1N1CCN(C(=O)CN(CCc2ccccc2)S(=O)(=O)c2c(C)cc(C)cc2C)CC1. The van der Waals surface area contributed by atoms with Crippen LogP contribution in [0.25, 0.3) is 0 Å². The molecule has 0 aromatic heterocycles. The van der Waals surface area contributed by atoms with Gasteiger partial charge in [-0.15, -0.1) is 0 Å². The van der Waals surface area contributed by atoms with Gasteiger partial charge in [0.2, 0.25) is 15.9 Å². The Balaban J connectivity index is 1.52. The predicted molar refractivity (Wildman–Crippen MR) is 151 cm³/mol. The molecule has 202 valence electrons. The van der Waals surface area contributed by atoms with Gasteiger partial charge in [-0.2, -0.15) is 4.31 Å². The van der Waals surface area contributed by atoms with E-state index in [1.165, 1.54) is 4.31 Å². The van der Waals surface area contributed by atoms with Crippen LogP contribution in [0.4, 0.5) is 5.69 Å². The first-order valence-electron chi connectivity index (χ1n) is 13.0. The van der Waals surface area contributed by atoms with Crippen molar-refractivity contribution < 1.29 is 17.9 Å². The minimum absolute atomic E-state index is 0.177. The van der Waals surface area contributed by atoms with Crippen molar-refractivity contribution in [3.63, 3.8) is 0 Å². The molecule has 0 aliphatic carbocycles. The Morgan fingerprint density at radius 1 is 0.895 bits per heavy atom. The number of anilines is 1. The van der Waals surface area contributed by atoms with Crippen molar-refractivity contribution in [2.75, 3.05) is 51.3 Å². The quantitative estimate of drug-likeness (QED) is 0.411. The molecule has 1 amide bonds. The van der Waals surface area contributed by atoms with E-state index in [9.17, 15) is 13.2 Å². The third-order valence-electron chi connectivity index (χ3n) is 7.07. The van der Waals surface area contributed by atoms with E-state index in [4.69, 9.17) is 4.74 Å². The lowest BCUT2D eigenvalue weighted by Gasteiger charge is -2.37. The Kier molecular flexibility index (Phi) is 8.74. The van der Waals surface area contributed by atoms with Crippen LogP contribution in [0.15, 0.2) is 71.6 Å². The fourth-order valence-corrected chi connectivity index (χ4v) is 7.03. The van der Waals surface area contributed by atoms with E-state index in [2.05, 4.69) is 4.90 Å². The predicted octanol–water partition coefficient (Wildman–Crippen LogP) is 4.20. The van der Waals surface area contributed by atoms with Gasteiger partial charge in [-0.3, -0.25) is 4.79 Å². The minimum atomic E-state index is -3.89. The number of nitrogens with zero attached hydrogens (tertiary/aromatic N) is 3. The second-order valence-electron chi connectivity index (χ2n) is 9.84. The molecule has 0 unspecified atom stereocenters. The van der Waals surface area contributed by atoms with Crippen molar-refractivity contribution >= 4 is 21.6 Å². The number of benzene rings is 3. The second kappa shape index (κ2) is 12.0. The van der Waals surface area contributed by atoms with Crippen LogP contribution in [0.3, 0.4) is 0 Å². The molecule has 1 aliphatic rings. The highest BCUT2D eigenvalue weighted by Crippen LogP contribution is 2.29. The molecule has 3 aromatic carbocycles. The first-order chi connectivity index (χ1) is 18.2. The summed E-state index contributed by atoms with van der Waals surface area (Å²) in [6.45, 7) is 7.99. The molecule has 1 aliphatic heterocycles. The summed E-state index contributed by atoms with van der Waals surface area (Å²) >= 11 is 0. The van der Waals surface area contributed by atoms with Crippen molar-refractivity contribution in [2.24, 2.45) is 0 Å². The topological polar surface area (TPSA) is 70.2 Å². The van der Waals surface area contributed by atoms with E-state index >= 15 is 0 Å². The number of ether oxygens (including phenoxy) is 1. The molecular formula is C30H37N3O4S. The number of para-hydroxylation sites is 2. The maximum absolute atomic E-state index is 14.0. The number of piperazine rings is 1. The maximum Gasteiger partial charge on any atom is 0.244 e. The third kappa shape index (κ3) is 6.19. The highest BCUT2D eigenvalue weighted by molar-refractivity contribution is 7.89. The maximum atomic E-state index is 14.0. The first-order valence-corrected chi connectivity index (χ1v) is 14.4. The van der Waals surface area contributed by atoms with Gasteiger partial charge in [0.25, 0.3) is 0 Å². The van der Waals surface area contributed by atoms with Gasteiger partial charge >= 0.3 is 0 Å². The summed E-state index contributed by atoms with van der Waals surface area (Å²) < 4.78 is 34.8. The van der Waals surface area contributed by atoms with Crippen LogP contribution in [-0.2, 0) is 21.2 Å². The van der Waals surface area contributed by atoms with Crippen LogP contribution in [0.5, 0.6) is 5.75 Å². The summed E-state index contributed by atoms with van der Waals surface area (Å²) in [6.07, 6.45) is 0.527. The number of hydrogen-bond acceptors (Lipinski definition) is 5. The Hall–Kier alpha value is -3.36. The van der Waals surface area contributed by atoms with Crippen LogP contribution in [0.2, 0.25) is 0 Å². The average Bonchev–Trinajstić information content (AvgIpc) is 2.90. The normalized spacial score (nSPS) is 14.1. The van der Waals surface area contributed by atoms with Crippen molar-refractivity contribution in [3.05, 3.63) is 89.0 Å². The molecule has 0 atom stereocenters. The lowest BCUT2D eigenvalue weighted by Crippen LogP contribution is -2.52. The molecule has 7 nitrogen and oxygen atoms in total. The number of carbonyl (C=O) groups excluding carboxylic acids is 1.